The van der Waals surface area contributed by atoms with Crippen LogP contribution in [0.25, 0.3) is 11.5 Å². The van der Waals surface area contributed by atoms with Crippen LogP contribution in [0.1, 0.15) is 12.7 Å². The van der Waals surface area contributed by atoms with Gasteiger partial charge >= 0.3 is 0 Å². The van der Waals surface area contributed by atoms with Crippen molar-refractivity contribution in [3.8, 4) is 17.2 Å². The minimum atomic E-state index is 0.00381. The Hall–Kier alpha value is -1.59. The molecule has 0 aliphatic carbocycles. The van der Waals surface area contributed by atoms with E-state index in [-0.39, 0.29) is 18.2 Å². The van der Waals surface area contributed by atoms with E-state index in [1.165, 1.54) is 6.07 Å². The first kappa shape index (κ1) is 11.9. The summed E-state index contributed by atoms with van der Waals surface area (Å²) in [5.74, 6) is 0.689. The molecule has 2 aromatic rings. The number of hydrogen-bond donors (Lipinski definition) is 1. The lowest BCUT2D eigenvalue weighted by Gasteiger charge is -1.98. The number of nitrogens with zero attached hydrogens (tertiary/aromatic N) is 2. The monoisotopic (exact) mass is 254 g/mol. The summed E-state index contributed by atoms with van der Waals surface area (Å²) < 4.78 is 10.2. The molecule has 0 fully saturated rings. The lowest BCUT2D eigenvalue weighted by atomic mass is 10.2. The van der Waals surface area contributed by atoms with Crippen LogP contribution < -0.4 is 0 Å². The second kappa shape index (κ2) is 5.16. The number of benzene rings is 1. The predicted octanol–water partition coefficient (Wildman–Crippen LogP) is 2.63. The van der Waals surface area contributed by atoms with Gasteiger partial charge in [-0.05, 0) is 25.1 Å². The maximum Gasteiger partial charge on any atom is 0.261 e. The van der Waals surface area contributed by atoms with E-state index >= 15 is 0 Å². The molecule has 0 bridgehead atoms. The number of ether oxygens (including phenoxy) is 1. The number of halogens is 1. The van der Waals surface area contributed by atoms with Gasteiger partial charge in [-0.1, -0.05) is 16.8 Å². The Morgan fingerprint density at radius 2 is 2.29 bits per heavy atom. The third-order valence-corrected chi connectivity index (χ3v) is 2.33. The Balaban J connectivity index is 2.24. The summed E-state index contributed by atoms with van der Waals surface area (Å²) in [6.07, 6.45) is 0. The van der Waals surface area contributed by atoms with Crippen LogP contribution in [0.2, 0.25) is 5.02 Å². The van der Waals surface area contributed by atoms with Crippen molar-refractivity contribution in [2.45, 2.75) is 13.5 Å². The Morgan fingerprint density at radius 3 is 3.00 bits per heavy atom. The van der Waals surface area contributed by atoms with Gasteiger partial charge in [-0.3, -0.25) is 0 Å². The van der Waals surface area contributed by atoms with E-state index in [0.717, 1.165) is 0 Å². The maximum atomic E-state index is 9.69. The molecule has 1 heterocycles. The van der Waals surface area contributed by atoms with Crippen molar-refractivity contribution in [1.29, 1.82) is 0 Å². The number of aromatic nitrogens is 2. The summed E-state index contributed by atoms with van der Waals surface area (Å²) in [5, 5.41) is 13.9. The molecule has 0 unspecified atom stereocenters. The summed E-state index contributed by atoms with van der Waals surface area (Å²) in [6.45, 7) is 2.75. The normalized spacial score (nSPS) is 10.7. The highest BCUT2D eigenvalue weighted by atomic mass is 35.5. The molecule has 0 aliphatic rings. The van der Waals surface area contributed by atoms with E-state index in [4.69, 9.17) is 20.9 Å². The molecule has 0 radical (unpaired) electrons. The van der Waals surface area contributed by atoms with Gasteiger partial charge in [0.15, 0.2) is 5.82 Å². The van der Waals surface area contributed by atoms with Gasteiger partial charge in [0.2, 0.25) is 0 Å². The molecule has 5 nitrogen and oxygen atoms in total. The van der Waals surface area contributed by atoms with Crippen molar-refractivity contribution in [3.05, 3.63) is 29.0 Å². The Labute approximate surface area is 103 Å². The van der Waals surface area contributed by atoms with E-state index in [0.29, 0.717) is 23.0 Å². The fourth-order valence-corrected chi connectivity index (χ4v) is 1.47. The van der Waals surface area contributed by atoms with E-state index in [9.17, 15) is 5.11 Å². The highest BCUT2D eigenvalue weighted by molar-refractivity contribution is 6.30. The van der Waals surface area contributed by atoms with Gasteiger partial charge in [-0.25, -0.2) is 0 Å². The maximum absolute atomic E-state index is 9.69. The van der Waals surface area contributed by atoms with Gasteiger partial charge in [-0.15, -0.1) is 0 Å². The van der Waals surface area contributed by atoms with Crippen molar-refractivity contribution >= 4 is 11.6 Å². The average Bonchev–Trinajstić information content (AvgIpc) is 2.75. The van der Waals surface area contributed by atoms with Gasteiger partial charge in [0.05, 0.1) is 5.56 Å². The zero-order valence-corrected chi connectivity index (χ0v) is 9.94. The van der Waals surface area contributed by atoms with Crippen LogP contribution in [0.3, 0.4) is 0 Å². The first-order valence-electron chi connectivity index (χ1n) is 5.10. The molecule has 1 aromatic heterocycles. The molecule has 0 spiro atoms. The summed E-state index contributed by atoms with van der Waals surface area (Å²) >= 11 is 5.73. The van der Waals surface area contributed by atoms with Crippen molar-refractivity contribution < 1.29 is 14.4 Å². The lowest BCUT2D eigenvalue weighted by molar-refractivity contribution is 0.126. The Kier molecular flexibility index (Phi) is 3.61. The summed E-state index contributed by atoms with van der Waals surface area (Å²) in [5.41, 5.74) is 0.449. The highest BCUT2D eigenvalue weighted by Crippen LogP contribution is 2.30. The first-order chi connectivity index (χ1) is 8.20. The van der Waals surface area contributed by atoms with Gasteiger partial charge in [0.1, 0.15) is 12.4 Å². The topological polar surface area (TPSA) is 68.4 Å². The Bertz CT molecular complexity index is 513. The molecular weight excluding hydrogens is 244 g/mol. The fourth-order valence-electron chi connectivity index (χ4n) is 1.30. The number of phenols is 1. The van der Waals surface area contributed by atoms with Crippen molar-refractivity contribution in [2.75, 3.05) is 6.61 Å². The lowest BCUT2D eigenvalue weighted by Crippen LogP contribution is -1.93. The summed E-state index contributed by atoms with van der Waals surface area (Å²) in [7, 11) is 0. The van der Waals surface area contributed by atoms with E-state index < -0.39 is 0 Å². The zero-order chi connectivity index (χ0) is 12.3. The number of phenolic OH excluding ortho intramolecular Hbond substituents is 1. The van der Waals surface area contributed by atoms with Gasteiger partial charge in [0.25, 0.3) is 5.89 Å². The molecule has 6 heteroatoms. The van der Waals surface area contributed by atoms with Gasteiger partial charge in [0, 0.05) is 11.6 Å². The third-order valence-electron chi connectivity index (χ3n) is 2.09. The zero-order valence-electron chi connectivity index (χ0n) is 9.18. The molecular formula is C11H11ClN2O3. The number of hydrogen-bond acceptors (Lipinski definition) is 5. The number of aromatic hydroxyl groups is 1. The minimum absolute atomic E-state index is 0.00381. The highest BCUT2D eigenvalue weighted by Gasteiger charge is 2.12. The second-order valence-electron chi connectivity index (χ2n) is 3.31. The molecule has 0 aliphatic heterocycles. The second-order valence-corrected chi connectivity index (χ2v) is 3.75. The van der Waals surface area contributed by atoms with E-state index in [2.05, 4.69) is 10.1 Å². The quantitative estimate of drug-likeness (QED) is 0.908. The van der Waals surface area contributed by atoms with Crippen LogP contribution in [0.5, 0.6) is 5.75 Å². The molecule has 90 valence electrons. The standard InChI is InChI=1S/C11H11ClN2O3/c1-2-16-6-10-13-11(17-14-10)8-4-3-7(12)5-9(8)15/h3-5,15H,2,6H2,1H3. The van der Waals surface area contributed by atoms with E-state index in [1.54, 1.807) is 12.1 Å². The smallest absolute Gasteiger partial charge is 0.261 e. The summed E-state index contributed by atoms with van der Waals surface area (Å²) in [6, 6.07) is 4.68. The molecule has 17 heavy (non-hydrogen) atoms. The molecule has 0 atom stereocenters. The molecule has 0 amide bonds. The Morgan fingerprint density at radius 1 is 1.47 bits per heavy atom. The third kappa shape index (κ3) is 2.75. The van der Waals surface area contributed by atoms with Crippen LogP contribution in [-0.4, -0.2) is 21.9 Å². The molecule has 1 N–H and O–H groups in total. The van der Waals surface area contributed by atoms with Crippen LogP contribution in [0.4, 0.5) is 0 Å². The fraction of sp³-hybridized carbons (Fsp3) is 0.273. The molecule has 0 saturated heterocycles. The SMILES string of the molecule is CCOCc1noc(-c2ccc(Cl)cc2O)n1. The van der Waals surface area contributed by atoms with Crippen molar-refractivity contribution in [2.24, 2.45) is 0 Å². The van der Waals surface area contributed by atoms with E-state index in [1.807, 2.05) is 6.92 Å². The van der Waals surface area contributed by atoms with Crippen molar-refractivity contribution in [1.82, 2.24) is 10.1 Å². The molecule has 1 aromatic carbocycles. The largest absolute Gasteiger partial charge is 0.507 e. The molecule has 2 rings (SSSR count). The number of rotatable bonds is 4. The van der Waals surface area contributed by atoms with Crippen LogP contribution in [0, 0.1) is 0 Å². The molecule has 0 saturated carbocycles. The van der Waals surface area contributed by atoms with Crippen LogP contribution >= 0.6 is 11.6 Å². The summed E-state index contributed by atoms with van der Waals surface area (Å²) in [4.78, 5) is 4.10. The van der Waals surface area contributed by atoms with Gasteiger partial charge < -0.3 is 14.4 Å². The van der Waals surface area contributed by atoms with Crippen molar-refractivity contribution in [3.63, 3.8) is 0 Å². The van der Waals surface area contributed by atoms with Gasteiger partial charge in [-0.2, -0.15) is 4.98 Å². The average molecular weight is 255 g/mol. The van der Waals surface area contributed by atoms with Crippen LogP contribution in [0.15, 0.2) is 22.7 Å². The first-order valence-corrected chi connectivity index (χ1v) is 5.47. The predicted molar refractivity (Wildman–Crippen MR) is 61.7 cm³/mol. The van der Waals surface area contributed by atoms with Crippen LogP contribution in [-0.2, 0) is 11.3 Å². The minimum Gasteiger partial charge on any atom is -0.507 e.